The predicted molar refractivity (Wildman–Crippen MR) is 65.3 cm³/mol. The fraction of sp³-hybridized carbons (Fsp3) is 0.923. The van der Waals surface area contributed by atoms with Crippen molar-refractivity contribution < 1.29 is 9.53 Å². The Hall–Kier alpha value is -0.570. The van der Waals surface area contributed by atoms with Crippen LogP contribution in [0.15, 0.2) is 0 Å². The van der Waals surface area contributed by atoms with Crippen molar-refractivity contribution in [2.75, 3.05) is 13.7 Å². The second kappa shape index (κ2) is 6.24. The fourth-order valence-corrected chi connectivity index (χ4v) is 2.62. The van der Waals surface area contributed by atoms with Crippen LogP contribution in [-0.2, 0) is 9.53 Å². The van der Waals surface area contributed by atoms with Crippen molar-refractivity contribution in [2.24, 2.45) is 5.92 Å². The smallest absolute Gasteiger partial charge is 0.323 e. The second-order valence-corrected chi connectivity index (χ2v) is 4.92. The molecule has 0 amide bonds. The lowest BCUT2D eigenvalue weighted by atomic mass is 9.84. The number of carbonyl (C=O) groups is 1. The molecule has 0 spiro atoms. The van der Waals surface area contributed by atoms with E-state index < -0.39 is 0 Å². The van der Waals surface area contributed by atoms with Gasteiger partial charge in [0.15, 0.2) is 0 Å². The number of hydrogen-bond acceptors (Lipinski definition) is 3. The molecule has 0 radical (unpaired) electrons. The van der Waals surface area contributed by atoms with Crippen LogP contribution in [0.25, 0.3) is 0 Å². The molecule has 1 saturated carbocycles. The zero-order valence-electron chi connectivity index (χ0n) is 11.0. The molecule has 16 heavy (non-hydrogen) atoms. The summed E-state index contributed by atoms with van der Waals surface area (Å²) in [6.07, 6.45) is 5.11. The number of hydrogen-bond donors (Lipinski definition) is 0. The summed E-state index contributed by atoms with van der Waals surface area (Å²) in [4.78, 5) is 13.9. The molecule has 0 aliphatic heterocycles. The van der Waals surface area contributed by atoms with Gasteiger partial charge in [0.1, 0.15) is 6.04 Å². The Balaban J connectivity index is 2.54. The second-order valence-electron chi connectivity index (χ2n) is 4.92. The Kier molecular flexibility index (Phi) is 5.26. The van der Waals surface area contributed by atoms with Crippen LogP contribution < -0.4 is 0 Å². The zero-order chi connectivity index (χ0) is 12.1. The van der Waals surface area contributed by atoms with Gasteiger partial charge in [0.05, 0.1) is 6.61 Å². The van der Waals surface area contributed by atoms with Gasteiger partial charge in [-0.25, -0.2) is 0 Å². The number of rotatable bonds is 4. The van der Waals surface area contributed by atoms with E-state index in [-0.39, 0.29) is 12.0 Å². The van der Waals surface area contributed by atoms with Crippen molar-refractivity contribution in [1.82, 2.24) is 4.90 Å². The number of likely N-dealkylation sites (N-methyl/N-ethyl adjacent to an activating group) is 1. The van der Waals surface area contributed by atoms with Crippen molar-refractivity contribution in [2.45, 2.75) is 58.5 Å². The fourth-order valence-electron chi connectivity index (χ4n) is 2.62. The third-order valence-corrected chi connectivity index (χ3v) is 3.83. The Morgan fingerprint density at radius 3 is 2.62 bits per heavy atom. The molecule has 0 saturated heterocycles. The van der Waals surface area contributed by atoms with Crippen LogP contribution in [-0.4, -0.2) is 36.6 Å². The molecule has 1 rings (SSSR count). The summed E-state index contributed by atoms with van der Waals surface area (Å²) in [5.74, 6) is 0.596. The molecule has 3 unspecified atom stereocenters. The summed E-state index contributed by atoms with van der Waals surface area (Å²) in [5.41, 5.74) is 0. The van der Waals surface area contributed by atoms with Gasteiger partial charge in [0, 0.05) is 6.04 Å². The highest BCUT2D eigenvalue weighted by atomic mass is 16.5. The molecule has 0 aromatic rings. The molecule has 3 nitrogen and oxygen atoms in total. The normalized spacial score (nSPS) is 27.8. The van der Waals surface area contributed by atoms with E-state index in [4.69, 9.17) is 4.74 Å². The van der Waals surface area contributed by atoms with Crippen LogP contribution in [0.1, 0.15) is 46.5 Å². The zero-order valence-corrected chi connectivity index (χ0v) is 11.0. The van der Waals surface area contributed by atoms with E-state index in [0.29, 0.717) is 18.6 Å². The Morgan fingerprint density at radius 2 is 2.06 bits per heavy atom. The van der Waals surface area contributed by atoms with Gasteiger partial charge in [-0.2, -0.15) is 0 Å². The van der Waals surface area contributed by atoms with Gasteiger partial charge < -0.3 is 4.74 Å². The molecule has 1 fully saturated rings. The number of ether oxygens (including phenoxy) is 1. The van der Waals surface area contributed by atoms with Gasteiger partial charge in [0.25, 0.3) is 0 Å². The molecule has 3 atom stereocenters. The first kappa shape index (κ1) is 13.5. The Bertz CT molecular complexity index is 230. The minimum absolute atomic E-state index is 0.0947. The molecule has 0 heterocycles. The highest BCUT2D eigenvalue weighted by molar-refractivity contribution is 5.75. The minimum atomic E-state index is -0.120. The molecular formula is C13H25NO2. The topological polar surface area (TPSA) is 29.5 Å². The van der Waals surface area contributed by atoms with E-state index in [0.717, 1.165) is 0 Å². The summed E-state index contributed by atoms with van der Waals surface area (Å²) in [5, 5.41) is 0. The molecule has 0 bridgehead atoms. The van der Waals surface area contributed by atoms with Crippen LogP contribution in [0, 0.1) is 5.92 Å². The Morgan fingerprint density at radius 1 is 1.44 bits per heavy atom. The highest BCUT2D eigenvalue weighted by Crippen LogP contribution is 2.28. The van der Waals surface area contributed by atoms with Crippen LogP contribution in [0.3, 0.4) is 0 Å². The van der Waals surface area contributed by atoms with E-state index in [1.807, 2.05) is 20.9 Å². The summed E-state index contributed by atoms with van der Waals surface area (Å²) >= 11 is 0. The SMILES string of the molecule is CCOC(=O)C(C)N(C)C1CCCCC1C. The van der Waals surface area contributed by atoms with E-state index in [2.05, 4.69) is 11.8 Å². The average molecular weight is 227 g/mol. The molecule has 0 N–H and O–H groups in total. The maximum atomic E-state index is 11.7. The lowest BCUT2D eigenvalue weighted by Gasteiger charge is -2.38. The van der Waals surface area contributed by atoms with Crippen molar-refractivity contribution in [3.63, 3.8) is 0 Å². The van der Waals surface area contributed by atoms with Crippen LogP contribution in [0.2, 0.25) is 0 Å². The number of esters is 1. The first-order valence-electron chi connectivity index (χ1n) is 6.46. The Labute approximate surface area is 99.1 Å². The molecule has 3 heteroatoms. The lowest BCUT2D eigenvalue weighted by Crippen LogP contribution is -2.47. The monoisotopic (exact) mass is 227 g/mol. The first-order chi connectivity index (χ1) is 7.57. The molecule has 0 aromatic heterocycles. The quantitative estimate of drug-likeness (QED) is 0.691. The van der Waals surface area contributed by atoms with Gasteiger partial charge in [0.2, 0.25) is 0 Å². The summed E-state index contributed by atoms with van der Waals surface area (Å²) < 4.78 is 5.07. The van der Waals surface area contributed by atoms with E-state index in [9.17, 15) is 4.79 Å². The minimum Gasteiger partial charge on any atom is -0.465 e. The largest absolute Gasteiger partial charge is 0.465 e. The van der Waals surface area contributed by atoms with Crippen LogP contribution in [0.5, 0.6) is 0 Å². The summed E-state index contributed by atoms with van der Waals surface area (Å²) in [6, 6.07) is 0.415. The third-order valence-electron chi connectivity index (χ3n) is 3.83. The van der Waals surface area contributed by atoms with E-state index >= 15 is 0 Å². The highest BCUT2D eigenvalue weighted by Gasteiger charge is 2.30. The van der Waals surface area contributed by atoms with Gasteiger partial charge in [-0.3, -0.25) is 9.69 Å². The lowest BCUT2D eigenvalue weighted by molar-refractivity contribution is -0.149. The van der Waals surface area contributed by atoms with Gasteiger partial charge >= 0.3 is 5.97 Å². The molecule has 94 valence electrons. The summed E-state index contributed by atoms with van der Waals surface area (Å²) in [7, 11) is 2.05. The average Bonchev–Trinajstić information content (AvgIpc) is 2.28. The maximum Gasteiger partial charge on any atom is 0.323 e. The molecule has 0 aromatic carbocycles. The number of nitrogens with zero attached hydrogens (tertiary/aromatic N) is 1. The third kappa shape index (κ3) is 3.21. The van der Waals surface area contributed by atoms with Gasteiger partial charge in [-0.1, -0.05) is 19.8 Å². The van der Waals surface area contributed by atoms with Crippen LogP contribution in [0.4, 0.5) is 0 Å². The molecule has 1 aliphatic rings. The van der Waals surface area contributed by atoms with Gasteiger partial charge in [-0.15, -0.1) is 0 Å². The van der Waals surface area contributed by atoms with Crippen molar-refractivity contribution in [3.05, 3.63) is 0 Å². The maximum absolute atomic E-state index is 11.7. The summed E-state index contributed by atoms with van der Waals surface area (Å²) in [6.45, 7) is 6.56. The van der Waals surface area contributed by atoms with Crippen molar-refractivity contribution in [3.8, 4) is 0 Å². The first-order valence-corrected chi connectivity index (χ1v) is 6.46. The standard InChI is InChI=1S/C13H25NO2/c1-5-16-13(15)11(3)14(4)12-9-7-6-8-10(12)2/h10-12H,5-9H2,1-4H3. The van der Waals surface area contributed by atoms with E-state index in [1.54, 1.807) is 0 Å². The van der Waals surface area contributed by atoms with Crippen LogP contribution >= 0.6 is 0 Å². The molecule has 1 aliphatic carbocycles. The van der Waals surface area contributed by atoms with Crippen molar-refractivity contribution in [1.29, 1.82) is 0 Å². The number of carbonyl (C=O) groups excluding carboxylic acids is 1. The molecular weight excluding hydrogens is 202 g/mol. The predicted octanol–water partition coefficient (Wildman–Crippen LogP) is 2.45. The van der Waals surface area contributed by atoms with E-state index in [1.165, 1.54) is 25.7 Å². The van der Waals surface area contributed by atoms with Gasteiger partial charge in [-0.05, 0) is 39.7 Å². The van der Waals surface area contributed by atoms with Crippen molar-refractivity contribution >= 4 is 5.97 Å².